The van der Waals surface area contributed by atoms with Crippen LogP contribution in [0.25, 0.3) is 0 Å². The molecule has 0 unspecified atom stereocenters. The number of nitrogens with one attached hydrogen (secondary N) is 2. The van der Waals surface area contributed by atoms with Crippen molar-refractivity contribution < 1.29 is 9.59 Å². The molecule has 0 saturated heterocycles. The van der Waals surface area contributed by atoms with Crippen LogP contribution in [-0.4, -0.2) is 17.1 Å². The lowest BCUT2D eigenvalue weighted by molar-refractivity contribution is -0.120. The second-order valence-electron chi connectivity index (χ2n) is 4.97. The van der Waals surface area contributed by atoms with Gasteiger partial charge in [-0.3, -0.25) is 9.59 Å². The summed E-state index contributed by atoms with van der Waals surface area (Å²) in [4.78, 5) is 25.2. The van der Waals surface area contributed by atoms with E-state index >= 15 is 0 Å². The molecular weight excluding hydrogens is 355 g/mol. The summed E-state index contributed by atoms with van der Waals surface area (Å²) in [5.41, 5.74) is 1.25. The fourth-order valence-corrected chi connectivity index (χ4v) is 3.75. The van der Waals surface area contributed by atoms with Crippen LogP contribution >= 0.6 is 35.0 Å². The van der Waals surface area contributed by atoms with Crippen LogP contribution in [-0.2, 0) is 9.59 Å². The van der Waals surface area contributed by atoms with Gasteiger partial charge in [-0.2, -0.15) is 0 Å². The Balaban J connectivity index is 1.67. The Morgan fingerprint density at radius 2 is 2.00 bits per heavy atom. The number of anilines is 2. The normalized spacial score (nSPS) is 16.4. The molecule has 1 atom stereocenters. The van der Waals surface area contributed by atoms with Gasteiger partial charge in [0.1, 0.15) is 0 Å². The second kappa shape index (κ2) is 6.83. The molecule has 2 N–H and O–H groups in total. The third-order valence-electron chi connectivity index (χ3n) is 3.28. The number of amides is 2. The highest BCUT2D eigenvalue weighted by Gasteiger charge is 2.28. The van der Waals surface area contributed by atoms with Gasteiger partial charge in [0.2, 0.25) is 11.8 Å². The number of halogens is 2. The zero-order valence-electron chi connectivity index (χ0n) is 11.8. The molecule has 0 fully saturated rings. The van der Waals surface area contributed by atoms with Crippen LogP contribution < -0.4 is 10.6 Å². The van der Waals surface area contributed by atoms with Crippen molar-refractivity contribution in [3.05, 3.63) is 52.5 Å². The van der Waals surface area contributed by atoms with E-state index in [1.807, 2.05) is 24.3 Å². The number of benzene rings is 2. The van der Waals surface area contributed by atoms with Crippen molar-refractivity contribution in [2.24, 2.45) is 0 Å². The maximum Gasteiger partial charge on any atom is 0.238 e. The zero-order valence-corrected chi connectivity index (χ0v) is 14.1. The number of carbonyl (C=O) groups excluding carboxylic acids is 2. The number of hydrogen-bond donors (Lipinski definition) is 2. The van der Waals surface area contributed by atoms with Crippen molar-refractivity contribution in [3.63, 3.8) is 0 Å². The molecule has 0 spiro atoms. The molecule has 0 radical (unpaired) electrons. The summed E-state index contributed by atoms with van der Waals surface area (Å²) in [7, 11) is 0. The number of rotatable bonds is 3. The third kappa shape index (κ3) is 3.80. The fraction of sp³-hybridized carbons (Fsp3) is 0.125. The third-order valence-corrected chi connectivity index (χ3v) is 5.11. The molecule has 0 aliphatic carbocycles. The quantitative estimate of drug-likeness (QED) is 0.844. The molecule has 4 nitrogen and oxygen atoms in total. The topological polar surface area (TPSA) is 58.2 Å². The number of carbonyl (C=O) groups is 2. The van der Waals surface area contributed by atoms with Crippen LogP contribution in [0.3, 0.4) is 0 Å². The minimum Gasteiger partial charge on any atom is -0.325 e. The van der Waals surface area contributed by atoms with Crippen LogP contribution in [0.1, 0.15) is 6.42 Å². The average molecular weight is 367 g/mol. The maximum absolute atomic E-state index is 12.2. The van der Waals surface area contributed by atoms with Gasteiger partial charge in [-0.1, -0.05) is 35.3 Å². The average Bonchev–Trinajstić information content (AvgIpc) is 2.51. The first-order chi connectivity index (χ1) is 11.0. The van der Waals surface area contributed by atoms with Gasteiger partial charge < -0.3 is 10.6 Å². The molecule has 0 bridgehead atoms. The molecule has 1 heterocycles. The lowest BCUT2D eigenvalue weighted by Gasteiger charge is -2.23. The highest BCUT2D eigenvalue weighted by Crippen LogP contribution is 2.36. The van der Waals surface area contributed by atoms with Crippen LogP contribution in [0.4, 0.5) is 11.4 Å². The van der Waals surface area contributed by atoms with Crippen molar-refractivity contribution in [1.82, 2.24) is 0 Å². The van der Waals surface area contributed by atoms with Crippen molar-refractivity contribution in [3.8, 4) is 0 Å². The molecule has 1 aliphatic rings. The summed E-state index contributed by atoms with van der Waals surface area (Å²) in [6.07, 6.45) is 0.0593. The minimum atomic E-state index is -0.476. The number of fused-ring (bicyclic) bond motifs is 1. The van der Waals surface area contributed by atoms with E-state index in [9.17, 15) is 9.59 Å². The largest absolute Gasteiger partial charge is 0.325 e. The Kier molecular flexibility index (Phi) is 4.80. The van der Waals surface area contributed by atoms with Crippen molar-refractivity contribution in [2.75, 3.05) is 10.6 Å². The first-order valence-electron chi connectivity index (χ1n) is 6.84. The molecule has 7 heteroatoms. The molecule has 2 aromatic rings. The molecule has 23 heavy (non-hydrogen) atoms. The molecular formula is C16H12Cl2N2O2S. The van der Waals surface area contributed by atoms with E-state index in [4.69, 9.17) is 23.2 Å². The fourth-order valence-electron chi connectivity index (χ4n) is 2.19. The summed E-state index contributed by atoms with van der Waals surface area (Å²) >= 11 is 13.2. The van der Waals surface area contributed by atoms with E-state index < -0.39 is 5.25 Å². The summed E-state index contributed by atoms with van der Waals surface area (Å²) in [6.45, 7) is 0. The molecule has 2 amide bonds. The summed E-state index contributed by atoms with van der Waals surface area (Å²) in [5.74, 6) is -0.452. The Morgan fingerprint density at radius 1 is 1.22 bits per heavy atom. The van der Waals surface area contributed by atoms with E-state index in [0.717, 1.165) is 10.6 Å². The zero-order chi connectivity index (χ0) is 16.4. The lowest BCUT2D eigenvalue weighted by atomic mass is 10.2. The minimum absolute atomic E-state index is 0.0593. The predicted octanol–water partition coefficient (Wildman–Crippen LogP) is 4.44. The van der Waals surface area contributed by atoms with E-state index in [1.165, 1.54) is 11.8 Å². The van der Waals surface area contributed by atoms with Gasteiger partial charge in [0.15, 0.2) is 0 Å². The molecule has 118 valence electrons. The van der Waals surface area contributed by atoms with Crippen LogP contribution in [0.15, 0.2) is 47.4 Å². The summed E-state index contributed by atoms with van der Waals surface area (Å²) in [6, 6.07) is 12.3. The van der Waals surface area contributed by atoms with E-state index in [-0.39, 0.29) is 18.2 Å². The van der Waals surface area contributed by atoms with E-state index in [1.54, 1.807) is 18.2 Å². The van der Waals surface area contributed by atoms with Gasteiger partial charge in [0, 0.05) is 16.3 Å². The Bertz CT molecular complexity index is 782. The van der Waals surface area contributed by atoms with Crippen molar-refractivity contribution in [2.45, 2.75) is 16.6 Å². The SMILES string of the molecule is O=C(C[C@H]1Sc2ccccc2NC1=O)Nc1ccc(Cl)cc1Cl. The second-order valence-corrected chi connectivity index (χ2v) is 7.06. The number of hydrogen-bond acceptors (Lipinski definition) is 3. The van der Waals surface area contributed by atoms with Crippen LogP contribution in [0.5, 0.6) is 0 Å². The molecule has 0 aromatic heterocycles. The Labute approximate surface area is 147 Å². The van der Waals surface area contributed by atoms with E-state index in [0.29, 0.717) is 15.7 Å². The first-order valence-corrected chi connectivity index (χ1v) is 8.48. The highest BCUT2D eigenvalue weighted by molar-refractivity contribution is 8.01. The Morgan fingerprint density at radius 3 is 2.78 bits per heavy atom. The van der Waals surface area contributed by atoms with Gasteiger partial charge in [0.05, 0.1) is 21.6 Å². The Hall–Kier alpha value is -1.69. The predicted molar refractivity (Wildman–Crippen MR) is 94.4 cm³/mol. The summed E-state index contributed by atoms with van der Waals surface area (Å²) < 4.78 is 0. The van der Waals surface area contributed by atoms with Crippen molar-refractivity contribution >= 4 is 58.2 Å². The van der Waals surface area contributed by atoms with E-state index in [2.05, 4.69) is 10.6 Å². The lowest BCUT2D eigenvalue weighted by Crippen LogP contribution is -2.32. The first kappa shape index (κ1) is 16.2. The molecule has 3 rings (SSSR count). The monoisotopic (exact) mass is 366 g/mol. The standard InChI is InChI=1S/C16H12Cl2N2O2S/c17-9-5-6-11(10(18)7-9)19-15(21)8-14-16(22)20-12-3-1-2-4-13(12)23-14/h1-7,14H,8H2,(H,19,21)(H,20,22)/t14-/m1/s1. The van der Waals surface area contributed by atoms with Gasteiger partial charge >= 0.3 is 0 Å². The van der Waals surface area contributed by atoms with Crippen molar-refractivity contribution in [1.29, 1.82) is 0 Å². The van der Waals surface area contributed by atoms with Gasteiger partial charge in [0.25, 0.3) is 0 Å². The highest BCUT2D eigenvalue weighted by atomic mass is 35.5. The number of para-hydroxylation sites is 1. The van der Waals surface area contributed by atoms with Crippen LogP contribution in [0.2, 0.25) is 10.0 Å². The summed E-state index contributed by atoms with van der Waals surface area (Å²) in [5, 5.41) is 5.90. The maximum atomic E-state index is 12.2. The van der Waals surface area contributed by atoms with Gasteiger partial charge in [-0.05, 0) is 30.3 Å². The number of thioether (sulfide) groups is 1. The molecule has 2 aromatic carbocycles. The smallest absolute Gasteiger partial charge is 0.238 e. The molecule has 1 aliphatic heterocycles. The van der Waals surface area contributed by atoms with Gasteiger partial charge in [-0.15, -0.1) is 11.8 Å². The van der Waals surface area contributed by atoms with Crippen LogP contribution in [0, 0.1) is 0 Å². The molecule has 0 saturated carbocycles. The van der Waals surface area contributed by atoms with Gasteiger partial charge in [-0.25, -0.2) is 0 Å².